The van der Waals surface area contributed by atoms with Crippen LogP contribution in [0, 0.1) is 0 Å². The van der Waals surface area contributed by atoms with E-state index in [0.717, 1.165) is 22.0 Å². The van der Waals surface area contributed by atoms with Gasteiger partial charge in [0.15, 0.2) is 10.2 Å². The molecule has 1 atom stereocenters. The third-order valence-electron chi connectivity index (χ3n) is 5.47. The summed E-state index contributed by atoms with van der Waals surface area (Å²) in [6, 6.07) is 13.3. The van der Waals surface area contributed by atoms with Gasteiger partial charge in [-0.3, -0.25) is 0 Å². The van der Waals surface area contributed by atoms with Gasteiger partial charge in [-0.05, 0) is 29.8 Å². The smallest absolute Gasteiger partial charge is 0.262 e. The van der Waals surface area contributed by atoms with Crippen molar-refractivity contribution in [3.05, 3.63) is 82.3 Å². The number of morpholine rings is 1. The van der Waals surface area contributed by atoms with Crippen LogP contribution in [0.15, 0.2) is 66.2 Å². The summed E-state index contributed by atoms with van der Waals surface area (Å²) in [4.78, 5) is 14.2. The summed E-state index contributed by atoms with van der Waals surface area (Å²) >= 11 is 7.63. The van der Waals surface area contributed by atoms with Crippen LogP contribution in [0.1, 0.15) is 22.2 Å². The van der Waals surface area contributed by atoms with Crippen LogP contribution in [0.25, 0.3) is 0 Å². The van der Waals surface area contributed by atoms with Gasteiger partial charge in [-0.25, -0.2) is 23.4 Å². The highest BCUT2D eigenvalue weighted by molar-refractivity contribution is 7.89. The maximum atomic E-state index is 13.0. The van der Waals surface area contributed by atoms with Crippen molar-refractivity contribution in [2.45, 2.75) is 17.6 Å². The van der Waals surface area contributed by atoms with Gasteiger partial charge in [0, 0.05) is 48.9 Å². The van der Waals surface area contributed by atoms with E-state index in [9.17, 15) is 8.42 Å². The standard InChI is InChI=1S/C23H23ClN6O3S2/c1-29-14-22(26-15-29)35(31,32)30-8-9-33-20(13-30)19-6-3-7-21(27-19)28-23-25-12-18(34-23)11-16-4-2-5-17(24)10-16/h2-7,10,12,14-15,20H,8-9,11,13H2,1H3,(H,25,27,28). The monoisotopic (exact) mass is 530 g/mol. The van der Waals surface area contributed by atoms with Gasteiger partial charge >= 0.3 is 0 Å². The molecular weight excluding hydrogens is 508 g/mol. The Morgan fingerprint density at radius 2 is 2.09 bits per heavy atom. The van der Waals surface area contributed by atoms with Gasteiger partial charge in [0.25, 0.3) is 10.0 Å². The lowest BCUT2D eigenvalue weighted by Gasteiger charge is -2.31. The molecule has 1 aliphatic rings. The van der Waals surface area contributed by atoms with Crippen molar-refractivity contribution in [3.8, 4) is 0 Å². The van der Waals surface area contributed by atoms with Gasteiger partial charge in [-0.2, -0.15) is 4.31 Å². The lowest BCUT2D eigenvalue weighted by Crippen LogP contribution is -2.42. The second kappa shape index (κ2) is 10.0. The molecule has 35 heavy (non-hydrogen) atoms. The summed E-state index contributed by atoms with van der Waals surface area (Å²) in [5, 5.41) is 4.70. The van der Waals surface area contributed by atoms with Gasteiger partial charge in [-0.1, -0.05) is 29.8 Å². The van der Waals surface area contributed by atoms with Crippen molar-refractivity contribution in [2.24, 2.45) is 7.05 Å². The molecule has 1 fully saturated rings. The number of aryl methyl sites for hydroxylation is 1. The second-order valence-electron chi connectivity index (χ2n) is 8.11. The first kappa shape index (κ1) is 23.9. The van der Waals surface area contributed by atoms with Crippen molar-refractivity contribution in [2.75, 3.05) is 25.0 Å². The van der Waals surface area contributed by atoms with Crippen molar-refractivity contribution < 1.29 is 13.2 Å². The number of aromatic nitrogens is 4. The van der Waals surface area contributed by atoms with E-state index in [1.165, 1.54) is 16.8 Å². The second-order valence-corrected chi connectivity index (χ2v) is 11.5. The molecule has 1 N–H and O–H groups in total. The van der Waals surface area contributed by atoms with E-state index in [1.807, 2.05) is 48.7 Å². The number of halogens is 1. The fraction of sp³-hybridized carbons (Fsp3) is 0.261. The summed E-state index contributed by atoms with van der Waals surface area (Å²) in [7, 11) is -1.97. The number of pyridine rings is 1. The van der Waals surface area contributed by atoms with Crippen LogP contribution in [-0.2, 0) is 28.2 Å². The predicted octanol–water partition coefficient (Wildman–Crippen LogP) is 4.02. The molecule has 3 aromatic heterocycles. The molecule has 4 heterocycles. The van der Waals surface area contributed by atoms with E-state index in [2.05, 4.69) is 20.3 Å². The number of imidazole rings is 1. The molecule has 0 aliphatic carbocycles. The SMILES string of the molecule is Cn1cnc(S(=O)(=O)N2CCOC(c3cccc(Nc4ncc(Cc5cccc(Cl)c5)s4)n3)C2)c1. The Morgan fingerprint density at radius 1 is 1.23 bits per heavy atom. The highest BCUT2D eigenvalue weighted by Crippen LogP contribution is 2.28. The van der Waals surface area contributed by atoms with E-state index < -0.39 is 16.1 Å². The van der Waals surface area contributed by atoms with E-state index in [0.29, 0.717) is 16.5 Å². The van der Waals surface area contributed by atoms with E-state index >= 15 is 0 Å². The maximum Gasteiger partial charge on any atom is 0.262 e. The molecule has 9 nitrogen and oxygen atoms in total. The average molecular weight is 531 g/mol. The number of rotatable bonds is 7. The van der Waals surface area contributed by atoms with Crippen LogP contribution in [0.5, 0.6) is 0 Å². The van der Waals surface area contributed by atoms with Gasteiger partial charge < -0.3 is 14.6 Å². The minimum atomic E-state index is -3.71. The molecule has 0 bridgehead atoms. The van der Waals surface area contributed by atoms with Crippen LogP contribution in [-0.4, -0.2) is 51.9 Å². The van der Waals surface area contributed by atoms with E-state index in [1.54, 1.807) is 23.0 Å². The molecule has 5 rings (SSSR count). The Morgan fingerprint density at radius 3 is 2.89 bits per heavy atom. The zero-order valence-electron chi connectivity index (χ0n) is 18.8. The van der Waals surface area contributed by atoms with E-state index in [4.69, 9.17) is 16.3 Å². The van der Waals surface area contributed by atoms with Crippen molar-refractivity contribution >= 4 is 43.9 Å². The summed E-state index contributed by atoms with van der Waals surface area (Å²) in [5.74, 6) is 0.611. The van der Waals surface area contributed by atoms with Crippen LogP contribution in [0.4, 0.5) is 10.9 Å². The number of thiazole rings is 1. The number of anilines is 2. The highest BCUT2D eigenvalue weighted by Gasteiger charge is 2.33. The highest BCUT2D eigenvalue weighted by atomic mass is 35.5. The number of nitrogens with one attached hydrogen (secondary N) is 1. The van der Waals surface area contributed by atoms with Crippen molar-refractivity contribution in [1.29, 1.82) is 0 Å². The van der Waals surface area contributed by atoms with Crippen LogP contribution in [0.2, 0.25) is 5.02 Å². The van der Waals surface area contributed by atoms with Crippen LogP contribution in [0.3, 0.4) is 0 Å². The summed E-state index contributed by atoms with van der Waals surface area (Å²) < 4.78 is 34.8. The fourth-order valence-corrected chi connectivity index (χ4v) is 6.24. The fourth-order valence-electron chi connectivity index (χ4n) is 3.78. The maximum absolute atomic E-state index is 13.0. The molecule has 182 valence electrons. The lowest BCUT2D eigenvalue weighted by atomic mass is 10.1. The molecule has 0 spiro atoms. The number of hydrogen-bond donors (Lipinski definition) is 1. The summed E-state index contributed by atoms with van der Waals surface area (Å²) in [5.41, 5.74) is 1.76. The minimum Gasteiger partial charge on any atom is -0.369 e. The van der Waals surface area contributed by atoms with E-state index in [-0.39, 0.29) is 24.7 Å². The van der Waals surface area contributed by atoms with Gasteiger partial charge in [0.05, 0.1) is 18.6 Å². The summed E-state index contributed by atoms with van der Waals surface area (Å²) in [6.45, 7) is 0.702. The van der Waals surface area contributed by atoms with Gasteiger partial charge in [0.2, 0.25) is 0 Å². The van der Waals surface area contributed by atoms with Crippen molar-refractivity contribution in [1.82, 2.24) is 23.8 Å². The molecule has 1 unspecified atom stereocenters. The number of ether oxygens (including phenoxy) is 1. The largest absolute Gasteiger partial charge is 0.369 e. The normalized spacial score (nSPS) is 16.9. The molecule has 0 amide bonds. The molecule has 1 aromatic carbocycles. The third-order valence-corrected chi connectivity index (χ3v) is 8.37. The molecule has 1 saturated heterocycles. The number of benzene rings is 1. The molecular formula is C23H23ClN6O3S2. The molecule has 12 heteroatoms. The Balaban J connectivity index is 1.27. The Kier molecular flexibility index (Phi) is 6.85. The quantitative estimate of drug-likeness (QED) is 0.385. The van der Waals surface area contributed by atoms with Gasteiger partial charge in [0.1, 0.15) is 11.9 Å². The third kappa shape index (κ3) is 5.54. The molecule has 1 aliphatic heterocycles. The zero-order valence-corrected chi connectivity index (χ0v) is 21.2. The van der Waals surface area contributed by atoms with Crippen molar-refractivity contribution in [3.63, 3.8) is 0 Å². The minimum absolute atomic E-state index is 0.0291. The Labute approximate surface area is 212 Å². The number of hydrogen-bond acceptors (Lipinski definition) is 8. The molecule has 4 aromatic rings. The zero-order chi connectivity index (χ0) is 24.4. The van der Waals surface area contributed by atoms with Gasteiger partial charge in [-0.15, -0.1) is 11.3 Å². The Bertz CT molecular complexity index is 1440. The number of nitrogens with zero attached hydrogens (tertiary/aromatic N) is 5. The Hall–Kier alpha value is -2.83. The topological polar surface area (TPSA) is 102 Å². The summed E-state index contributed by atoms with van der Waals surface area (Å²) in [6.07, 6.45) is 5.06. The first-order valence-corrected chi connectivity index (χ1v) is 13.5. The number of sulfonamides is 1. The lowest BCUT2D eigenvalue weighted by molar-refractivity contribution is -0.00492. The molecule has 0 saturated carbocycles. The predicted molar refractivity (Wildman–Crippen MR) is 135 cm³/mol. The van der Waals surface area contributed by atoms with Crippen LogP contribution < -0.4 is 5.32 Å². The first-order valence-electron chi connectivity index (χ1n) is 10.9. The van der Waals surface area contributed by atoms with Crippen LogP contribution >= 0.6 is 22.9 Å². The first-order chi connectivity index (χ1) is 16.9. The average Bonchev–Trinajstić information content (AvgIpc) is 3.48. The molecule has 0 radical (unpaired) electrons.